The standard InChI is InChI=1S/C24H22ClN3O2/c1-2-30-23-12-7-11-21-19(23)14-22(24(29)27-15-18-9-5-6-13-26-18)28(21)16-17-8-3-4-10-20(17)25/h3-14H,2,15-16H2,1H3,(H,27,29). The highest BCUT2D eigenvalue weighted by Gasteiger charge is 2.19. The van der Waals surface area contributed by atoms with Gasteiger partial charge in [-0.25, -0.2) is 0 Å². The number of hydrogen-bond acceptors (Lipinski definition) is 3. The number of aromatic nitrogens is 2. The molecule has 2 heterocycles. The third-order valence-electron chi connectivity index (χ3n) is 4.88. The monoisotopic (exact) mass is 419 g/mol. The van der Waals surface area contributed by atoms with Crippen molar-refractivity contribution >= 4 is 28.4 Å². The van der Waals surface area contributed by atoms with E-state index in [1.54, 1.807) is 6.20 Å². The lowest BCUT2D eigenvalue weighted by molar-refractivity contribution is 0.0942. The molecule has 5 nitrogen and oxygen atoms in total. The summed E-state index contributed by atoms with van der Waals surface area (Å²) in [6.45, 7) is 3.33. The Balaban J connectivity index is 1.73. The predicted molar refractivity (Wildman–Crippen MR) is 119 cm³/mol. The Bertz CT molecular complexity index is 1170. The second-order valence-electron chi connectivity index (χ2n) is 6.83. The van der Waals surface area contributed by atoms with Gasteiger partial charge in [-0.1, -0.05) is 41.9 Å². The molecule has 0 saturated carbocycles. The second kappa shape index (κ2) is 9.01. The van der Waals surface area contributed by atoms with Gasteiger partial charge in [0.1, 0.15) is 11.4 Å². The van der Waals surface area contributed by atoms with Gasteiger partial charge >= 0.3 is 0 Å². The Labute approximate surface area is 180 Å². The summed E-state index contributed by atoms with van der Waals surface area (Å²) in [4.78, 5) is 17.4. The van der Waals surface area contributed by atoms with Crippen LogP contribution in [0.2, 0.25) is 5.02 Å². The summed E-state index contributed by atoms with van der Waals surface area (Å²) in [5, 5.41) is 4.54. The highest BCUT2D eigenvalue weighted by molar-refractivity contribution is 6.31. The summed E-state index contributed by atoms with van der Waals surface area (Å²) >= 11 is 6.40. The van der Waals surface area contributed by atoms with Crippen molar-refractivity contribution in [1.82, 2.24) is 14.9 Å². The van der Waals surface area contributed by atoms with E-state index in [2.05, 4.69) is 10.3 Å². The molecule has 1 amide bonds. The van der Waals surface area contributed by atoms with Crippen LogP contribution in [0.25, 0.3) is 10.9 Å². The smallest absolute Gasteiger partial charge is 0.268 e. The lowest BCUT2D eigenvalue weighted by Gasteiger charge is -2.13. The molecule has 0 atom stereocenters. The van der Waals surface area contributed by atoms with Crippen LogP contribution in [0.4, 0.5) is 0 Å². The fourth-order valence-corrected chi connectivity index (χ4v) is 3.65. The van der Waals surface area contributed by atoms with Gasteiger partial charge in [-0.2, -0.15) is 0 Å². The molecule has 4 aromatic rings. The summed E-state index contributed by atoms with van der Waals surface area (Å²) in [6, 6.07) is 21.0. The van der Waals surface area contributed by atoms with E-state index in [4.69, 9.17) is 16.3 Å². The van der Waals surface area contributed by atoms with E-state index in [1.165, 1.54) is 0 Å². The average molecular weight is 420 g/mol. The van der Waals surface area contributed by atoms with Gasteiger partial charge in [0.2, 0.25) is 0 Å². The minimum atomic E-state index is -0.175. The van der Waals surface area contributed by atoms with Gasteiger partial charge in [-0.05, 0) is 48.9 Å². The van der Waals surface area contributed by atoms with Gasteiger partial charge < -0.3 is 14.6 Å². The zero-order valence-corrected chi connectivity index (χ0v) is 17.4. The van der Waals surface area contributed by atoms with Crippen LogP contribution in [0.1, 0.15) is 28.7 Å². The number of ether oxygens (including phenoxy) is 1. The molecule has 2 aromatic heterocycles. The molecule has 0 spiro atoms. The zero-order valence-electron chi connectivity index (χ0n) is 16.6. The van der Waals surface area contributed by atoms with E-state index < -0.39 is 0 Å². The van der Waals surface area contributed by atoms with E-state index in [1.807, 2.05) is 78.2 Å². The van der Waals surface area contributed by atoms with Gasteiger partial charge in [-0.3, -0.25) is 9.78 Å². The van der Waals surface area contributed by atoms with E-state index in [9.17, 15) is 4.79 Å². The first-order chi connectivity index (χ1) is 14.7. The number of benzene rings is 2. The van der Waals surface area contributed by atoms with Crippen molar-refractivity contribution in [3.63, 3.8) is 0 Å². The average Bonchev–Trinajstić information content (AvgIpc) is 3.14. The molecule has 0 saturated heterocycles. The van der Waals surface area contributed by atoms with Gasteiger partial charge in [0.15, 0.2) is 0 Å². The van der Waals surface area contributed by atoms with Crippen LogP contribution in [0.15, 0.2) is 72.9 Å². The Morgan fingerprint density at radius 3 is 2.70 bits per heavy atom. The third-order valence-corrected chi connectivity index (χ3v) is 5.25. The fourth-order valence-electron chi connectivity index (χ4n) is 3.46. The Kier molecular flexibility index (Phi) is 6.00. The van der Waals surface area contributed by atoms with E-state index >= 15 is 0 Å². The minimum absolute atomic E-state index is 0.175. The summed E-state index contributed by atoms with van der Waals surface area (Å²) in [5.41, 5.74) is 3.21. The van der Waals surface area contributed by atoms with Crippen molar-refractivity contribution in [3.05, 3.63) is 94.9 Å². The van der Waals surface area contributed by atoms with Crippen molar-refractivity contribution in [2.24, 2.45) is 0 Å². The lowest BCUT2D eigenvalue weighted by atomic mass is 10.2. The highest BCUT2D eigenvalue weighted by Crippen LogP contribution is 2.30. The first-order valence-corrected chi connectivity index (χ1v) is 10.2. The molecule has 0 aliphatic heterocycles. The number of nitrogens with zero attached hydrogens (tertiary/aromatic N) is 2. The number of halogens is 1. The first kappa shape index (κ1) is 20.0. The van der Waals surface area contributed by atoms with Crippen molar-refractivity contribution in [3.8, 4) is 5.75 Å². The van der Waals surface area contributed by atoms with Gasteiger partial charge in [0.25, 0.3) is 5.91 Å². The summed E-state index contributed by atoms with van der Waals surface area (Å²) in [6.07, 6.45) is 1.71. The molecule has 2 aromatic carbocycles. The first-order valence-electron chi connectivity index (χ1n) is 9.84. The van der Waals surface area contributed by atoms with E-state index in [0.717, 1.165) is 27.9 Å². The van der Waals surface area contributed by atoms with Crippen LogP contribution in [0, 0.1) is 0 Å². The Morgan fingerprint density at radius 2 is 1.93 bits per heavy atom. The molecule has 0 fully saturated rings. The normalized spacial score (nSPS) is 10.9. The zero-order chi connectivity index (χ0) is 20.9. The molecule has 0 bridgehead atoms. The van der Waals surface area contributed by atoms with E-state index in [0.29, 0.717) is 30.4 Å². The van der Waals surface area contributed by atoms with Gasteiger partial charge in [0.05, 0.1) is 24.4 Å². The fraction of sp³-hybridized carbons (Fsp3) is 0.167. The Morgan fingerprint density at radius 1 is 1.10 bits per heavy atom. The molecule has 152 valence electrons. The van der Waals surface area contributed by atoms with Gasteiger partial charge in [0, 0.05) is 23.2 Å². The van der Waals surface area contributed by atoms with Crippen molar-refractivity contribution in [1.29, 1.82) is 0 Å². The number of nitrogens with one attached hydrogen (secondary N) is 1. The number of hydrogen-bond donors (Lipinski definition) is 1. The highest BCUT2D eigenvalue weighted by atomic mass is 35.5. The predicted octanol–water partition coefficient (Wildman–Crippen LogP) is 5.07. The minimum Gasteiger partial charge on any atom is -0.493 e. The largest absolute Gasteiger partial charge is 0.493 e. The quantitative estimate of drug-likeness (QED) is 0.455. The molecule has 0 unspecified atom stereocenters. The molecular formula is C24H22ClN3O2. The Hall–Kier alpha value is -3.31. The SMILES string of the molecule is CCOc1cccc2c1cc(C(=O)NCc1ccccn1)n2Cc1ccccc1Cl. The molecular weight excluding hydrogens is 398 g/mol. The molecule has 0 radical (unpaired) electrons. The van der Waals surface area contributed by atoms with Crippen LogP contribution >= 0.6 is 11.6 Å². The molecule has 0 aliphatic rings. The molecule has 4 rings (SSSR count). The van der Waals surface area contributed by atoms with Crippen molar-refractivity contribution in [2.45, 2.75) is 20.0 Å². The van der Waals surface area contributed by atoms with Gasteiger partial charge in [-0.15, -0.1) is 0 Å². The number of rotatable bonds is 7. The molecule has 0 aliphatic carbocycles. The number of pyridine rings is 1. The third kappa shape index (κ3) is 4.16. The number of amides is 1. The number of carbonyl (C=O) groups is 1. The number of carbonyl (C=O) groups excluding carboxylic acids is 1. The van der Waals surface area contributed by atoms with Crippen LogP contribution in [0.3, 0.4) is 0 Å². The van der Waals surface area contributed by atoms with Crippen LogP contribution < -0.4 is 10.1 Å². The van der Waals surface area contributed by atoms with Crippen molar-refractivity contribution < 1.29 is 9.53 Å². The maximum absolute atomic E-state index is 13.1. The molecule has 6 heteroatoms. The lowest BCUT2D eigenvalue weighted by Crippen LogP contribution is -2.26. The maximum Gasteiger partial charge on any atom is 0.268 e. The summed E-state index contributed by atoms with van der Waals surface area (Å²) < 4.78 is 7.77. The van der Waals surface area contributed by atoms with Crippen molar-refractivity contribution in [2.75, 3.05) is 6.61 Å². The van der Waals surface area contributed by atoms with E-state index in [-0.39, 0.29) is 5.91 Å². The van der Waals surface area contributed by atoms with Crippen LogP contribution in [0.5, 0.6) is 5.75 Å². The topological polar surface area (TPSA) is 56.1 Å². The summed E-state index contributed by atoms with van der Waals surface area (Å²) in [7, 11) is 0. The maximum atomic E-state index is 13.1. The van der Waals surface area contributed by atoms with Crippen LogP contribution in [-0.2, 0) is 13.1 Å². The second-order valence-corrected chi connectivity index (χ2v) is 7.24. The summed E-state index contributed by atoms with van der Waals surface area (Å²) in [5.74, 6) is 0.582. The number of fused-ring (bicyclic) bond motifs is 1. The van der Waals surface area contributed by atoms with Crippen LogP contribution in [-0.4, -0.2) is 22.1 Å². The molecule has 1 N–H and O–H groups in total. The molecule has 30 heavy (non-hydrogen) atoms.